The van der Waals surface area contributed by atoms with E-state index in [1.807, 2.05) is 0 Å². The highest BCUT2D eigenvalue weighted by molar-refractivity contribution is 9.10. The third kappa shape index (κ3) is 3.55. The number of nitrogens with one attached hydrogen (secondary N) is 1. The molecule has 0 aliphatic heterocycles. The Morgan fingerprint density at radius 2 is 1.90 bits per heavy atom. The van der Waals surface area contributed by atoms with Gasteiger partial charge in [0.2, 0.25) is 0 Å². The fourth-order valence-electron chi connectivity index (χ4n) is 1.96. The molecule has 0 heterocycles. The van der Waals surface area contributed by atoms with E-state index in [9.17, 15) is 8.78 Å². The molecule has 2 aromatic rings. The normalized spacial score (nSPS) is 12.4. The van der Waals surface area contributed by atoms with Crippen LogP contribution >= 0.6 is 27.5 Å². The Bertz CT molecular complexity index is 622. The van der Waals surface area contributed by atoms with E-state index in [1.165, 1.54) is 18.2 Å². The number of hydrogen-bond acceptors (Lipinski definition) is 2. The van der Waals surface area contributed by atoms with Crippen LogP contribution in [0.4, 0.5) is 8.78 Å². The Balaban J connectivity index is 2.31. The SMILES string of the molecule is NNC(Cc1cc(Br)ccc1F)c1ccc(Cl)cc1F. The quantitative estimate of drug-likeness (QED) is 0.635. The van der Waals surface area contributed by atoms with Crippen molar-refractivity contribution in [3.63, 3.8) is 0 Å². The van der Waals surface area contributed by atoms with Gasteiger partial charge in [0.1, 0.15) is 11.6 Å². The van der Waals surface area contributed by atoms with Gasteiger partial charge in [-0.15, -0.1) is 0 Å². The summed E-state index contributed by atoms with van der Waals surface area (Å²) in [5.41, 5.74) is 3.29. The Hall–Kier alpha value is -1.01. The molecule has 1 atom stereocenters. The third-order valence-electron chi connectivity index (χ3n) is 2.97. The maximum absolute atomic E-state index is 13.9. The lowest BCUT2D eigenvalue weighted by Gasteiger charge is -2.18. The minimum absolute atomic E-state index is 0.223. The summed E-state index contributed by atoms with van der Waals surface area (Å²) < 4.78 is 28.4. The van der Waals surface area contributed by atoms with Crippen molar-refractivity contribution >= 4 is 27.5 Å². The molecule has 3 N–H and O–H groups in total. The summed E-state index contributed by atoms with van der Waals surface area (Å²) in [6, 6.07) is 8.37. The van der Waals surface area contributed by atoms with Crippen molar-refractivity contribution in [2.45, 2.75) is 12.5 Å². The van der Waals surface area contributed by atoms with E-state index in [0.29, 0.717) is 16.1 Å². The number of nitrogens with two attached hydrogens (primary N) is 1. The van der Waals surface area contributed by atoms with Gasteiger partial charge in [0.15, 0.2) is 0 Å². The monoisotopic (exact) mass is 360 g/mol. The summed E-state index contributed by atoms with van der Waals surface area (Å²) in [6.45, 7) is 0. The zero-order valence-electron chi connectivity index (χ0n) is 10.3. The number of hydrogen-bond donors (Lipinski definition) is 2. The van der Waals surface area contributed by atoms with E-state index < -0.39 is 11.9 Å². The molecule has 0 saturated carbocycles. The lowest BCUT2D eigenvalue weighted by Crippen LogP contribution is -2.30. The lowest BCUT2D eigenvalue weighted by atomic mass is 9.98. The molecule has 2 rings (SSSR count). The molecule has 0 bridgehead atoms. The molecule has 0 spiro atoms. The van der Waals surface area contributed by atoms with Crippen molar-refractivity contribution in [2.24, 2.45) is 5.84 Å². The van der Waals surface area contributed by atoms with Crippen molar-refractivity contribution in [3.05, 3.63) is 68.7 Å². The van der Waals surface area contributed by atoms with Crippen LogP contribution in [0.5, 0.6) is 0 Å². The largest absolute Gasteiger partial charge is 0.271 e. The smallest absolute Gasteiger partial charge is 0.129 e. The second-order valence-electron chi connectivity index (χ2n) is 4.32. The second-order valence-corrected chi connectivity index (χ2v) is 5.68. The minimum atomic E-state index is -0.545. The zero-order chi connectivity index (χ0) is 14.7. The summed E-state index contributed by atoms with van der Waals surface area (Å²) in [5.74, 6) is 4.63. The third-order valence-corrected chi connectivity index (χ3v) is 3.70. The molecule has 2 aromatic carbocycles. The molecule has 0 aliphatic rings. The van der Waals surface area contributed by atoms with Gasteiger partial charge < -0.3 is 0 Å². The number of rotatable bonds is 4. The topological polar surface area (TPSA) is 38.0 Å². The van der Waals surface area contributed by atoms with Crippen LogP contribution in [0.3, 0.4) is 0 Å². The molecule has 2 nitrogen and oxygen atoms in total. The molecule has 0 radical (unpaired) electrons. The summed E-state index contributed by atoms with van der Waals surface area (Å²) in [7, 11) is 0. The predicted octanol–water partition coefficient (Wildman–Crippen LogP) is 4.13. The van der Waals surface area contributed by atoms with Crippen LogP contribution in [0.2, 0.25) is 5.02 Å². The predicted molar refractivity (Wildman–Crippen MR) is 79.3 cm³/mol. The average Bonchev–Trinajstić information content (AvgIpc) is 2.40. The summed E-state index contributed by atoms with van der Waals surface area (Å²) in [5, 5.41) is 0.302. The van der Waals surface area contributed by atoms with Gasteiger partial charge in [-0.3, -0.25) is 11.3 Å². The van der Waals surface area contributed by atoms with Crippen LogP contribution in [0, 0.1) is 11.6 Å². The van der Waals surface area contributed by atoms with Crippen LogP contribution in [0.15, 0.2) is 40.9 Å². The van der Waals surface area contributed by atoms with Crippen molar-refractivity contribution < 1.29 is 8.78 Å². The molecule has 106 valence electrons. The molecule has 1 unspecified atom stereocenters. The van der Waals surface area contributed by atoms with Crippen molar-refractivity contribution in [3.8, 4) is 0 Å². The number of hydrazine groups is 1. The van der Waals surface area contributed by atoms with E-state index in [0.717, 1.165) is 4.47 Å². The van der Waals surface area contributed by atoms with Gasteiger partial charge in [-0.2, -0.15) is 0 Å². The first-order valence-electron chi connectivity index (χ1n) is 5.86. The lowest BCUT2D eigenvalue weighted by molar-refractivity contribution is 0.498. The van der Waals surface area contributed by atoms with E-state index in [-0.39, 0.29) is 12.2 Å². The Labute approximate surface area is 129 Å². The maximum Gasteiger partial charge on any atom is 0.129 e. The van der Waals surface area contributed by atoms with Crippen LogP contribution in [0.25, 0.3) is 0 Å². The van der Waals surface area contributed by atoms with Crippen LogP contribution in [-0.2, 0) is 6.42 Å². The van der Waals surface area contributed by atoms with Crippen molar-refractivity contribution in [1.29, 1.82) is 0 Å². The fourth-order valence-corrected chi connectivity index (χ4v) is 2.53. The Morgan fingerprint density at radius 1 is 1.15 bits per heavy atom. The highest BCUT2D eigenvalue weighted by atomic mass is 79.9. The molecular weight excluding hydrogens is 350 g/mol. The van der Waals surface area contributed by atoms with Crippen LogP contribution < -0.4 is 11.3 Å². The van der Waals surface area contributed by atoms with Gasteiger partial charge >= 0.3 is 0 Å². The summed E-state index contributed by atoms with van der Waals surface area (Å²) in [4.78, 5) is 0. The van der Waals surface area contributed by atoms with Crippen LogP contribution in [-0.4, -0.2) is 0 Å². The van der Waals surface area contributed by atoms with Crippen molar-refractivity contribution in [1.82, 2.24) is 5.43 Å². The van der Waals surface area contributed by atoms with E-state index in [2.05, 4.69) is 21.4 Å². The first-order chi connectivity index (χ1) is 9.51. The van der Waals surface area contributed by atoms with Crippen molar-refractivity contribution in [2.75, 3.05) is 0 Å². The average molecular weight is 362 g/mol. The van der Waals surface area contributed by atoms with Crippen LogP contribution in [0.1, 0.15) is 17.2 Å². The standard InChI is InChI=1S/C14H12BrClF2N2/c15-9-1-4-12(17)8(5-9)6-14(20-19)11-3-2-10(16)7-13(11)18/h1-5,7,14,20H,6,19H2. The molecule has 0 amide bonds. The first-order valence-corrected chi connectivity index (χ1v) is 7.03. The van der Waals surface area contributed by atoms with Gasteiger partial charge in [-0.25, -0.2) is 8.78 Å². The maximum atomic E-state index is 13.9. The molecule has 6 heteroatoms. The molecule has 20 heavy (non-hydrogen) atoms. The Morgan fingerprint density at radius 3 is 2.55 bits per heavy atom. The molecular formula is C14H12BrClF2N2. The molecule has 0 aromatic heterocycles. The fraction of sp³-hybridized carbons (Fsp3) is 0.143. The van der Waals surface area contributed by atoms with E-state index in [4.69, 9.17) is 17.4 Å². The first kappa shape index (κ1) is 15.4. The highest BCUT2D eigenvalue weighted by Crippen LogP contribution is 2.25. The van der Waals surface area contributed by atoms with Gasteiger partial charge in [0, 0.05) is 15.1 Å². The number of benzene rings is 2. The molecule has 0 saturated heterocycles. The molecule has 0 fully saturated rings. The molecule has 0 aliphatic carbocycles. The van der Waals surface area contributed by atoms with E-state index in [1.54, 1.807) is 18.2 Å². The Kier molecular flexibility index (Phi) is 5.10. The summed E-state index contributed by atoms with van der Waals surface area (Å²) in [6.07, 6.45) is 0.223. The van der Waals surface area contributed by atoms with Gasteiger partial charge in [-0.1, -0.05) is 33.6 Å². The van der Waals surface area contributed by atoms with Gasteiger partial charge in [-0.05, 0) is 42.3 Å². The minimum Gasteiger partial charge on any atom is -0.271 e. The van der Waals surface area contributed by atoms with Gasteiger partial charge in [0.05, 0.1) is 6.04 Å². The second kappa shape index (κ2) is 6.63. The number of halogens is 4. The summed E-state index contributed by atoms with van der Waals surface area (Å²) >= 11 is 8.99. The zero-order valence-corrected chi connectivity index (χ0v) is 12.7. The van der Waals surface area contributed by atoms with Gasteiger partial charge in [0.25, 0.3) is 0 Å². The van der Waals surface area contributed by atoms with E-state index >= 15 is 0 Å². The highest BCUT2D eigenvalue weighted by Gasteiger charge is 2.17.